The highest BCUT2D eigenvalue weighted by Crippen LogP contribution is 2.05. The first kappa shape index (κ1) is 14.4. The van der Waals surface area contributed by atoms with Crippen LogP contribution in [0.25, 0.3) is 0 Å². The smallest absolute Gasteiger partial charge is 0.222 e. The molecule has 0 radical (unpaired) electrons. The van der Waals surface area contributed by atoms with Gasteiger partial charge in [0.25, 0.3) is 0 Å². The first-order valence-electron chi connectivity index (χ1n) is 5.92. The number of nitrogens with one attached hydrogen (secondary N) is 1. The van der Waals surface area contributed by atoms with E-state index in [-0.39, 0.29) is 5.91 Å². The van der Waals surface area contributed by atoms with E-state index >= 15 is 0 Å². The second-order valence-electron chi connectivity index (χ2n) is 4.60. The Balaban J connectivity index is 3.57. The van der Waals surface area contributed by atoms with Crippen LogP contribution < -0.4 is 5.32 Å². The van der Waals surface area contributed by atoms with Crippen molar-refractivity contribution in [2.24, 2.45) is 5.92 Å². The van der Waals surface area contributed by atoms with Gasteiger partial charge in [-0.1, -0.05) is 20.8 Å². The van der Waals surface area contributed by atoms with E-state index in [0.717, 1.165) is 19.4 Å². The van der Waals surface area contributed by atoms with Gasteiger partial charge in [0, 0.05) is 26.6 Å². The summed E-state index contributed by atoms with van der Waals surface area (Å²) in [7, 11) is 3.61. The van der Waals surface area contributed by atoms with Gasteiger partial charge in [-0.15, -0.1) is 0 Å². The fraction of sp³-hybridized carbons (Fsp3) is 0.917. The molecule has 0 aromatic heterocycles. The van der Waals surface area contributed by atoms with Gasteiger partial charge in [0.05, 0.1) is 0 Å². The van der Waals surface area contributed by atoms with Gasteiger partial charge in [0.1, 0.15) is 0 Å². The molecule has 0 saturated carbocycles. The minimum absolute atomic E-state index is 0.217. The minimum Gasteiger partial charge on any atom is -0.349 e. The van der Waals surface area contributed by atoms with Crippen molar-refractivity contribution in [3.05, 3.63) is 0 Å². The van der Waals surface area contributed by atoms with Crippen LogP contribution in [0, 0.1) is 5.92 Å². The molecule has 0 saturated heterocycles. The van der Waals surface area contributed by atoms with Gasteiger partial charge in [-0.05, 0) is 25.3 Å². The summed E-state index contributed by atoms with van der Waals surface area (Å²) in [5.41, 5.74) is 0. The van der Waals surface area contributed by atoms with Crippen LogP contribution in [0.2, 0.25) is 0 Å². The number of rotatable bonds is 7. The molecule has 0 aliphatic rings. The van der Waals surface area contributed by atoms with Gasteiger partial charge in [-0.25, -0.2) is 0 Å². The number of nitrogens with zero attached hydrogens (tertiary/aromatic N) is 1. The van der Waals surface area contributed by atoms with E-state index in [1.807, 2.05) is 0 Å². The van der Waals surface area contributed by atoms with Crippen LogP contribution >= 0.6 is 0 Å². The fourth-order valence-corrected chi connectivity index (χ4v) is 1.60. The Morgan fingerprint density at radius 1 is 1.33 bits per heavy atom. The van der Waals surface area contributed by atoms with Crippen molar-refractivity contribution in [3.8, 4) is 0 Å². The zero-order valence-electron chi connectivity index (χ0n) is 10.8. The molecule has 0 aromatic carbocycles. The lowest BCUT2D eigenvalue weighted by Crippen LogP contribution is -2.34. The molecule has 0 rings (SSSR count). The van der Waals surface area contributed by atoms with E-state index in [9.17, 15) is 4.79 Å². The van der Waals surface area contributed by atoms with E-state index in [1.165, 1.54) is 0 Å². The Kier molecular flexibility index (Phi) is 7.39. The van der Waals surface area contributed by atoms with Crippen LogP contribution in [0.15, 0.2) is 0 Å². The van der Waals surface area contributed by atoms with Crippen molar-refractivity contribution in [1.29, 1.82) is 0 Å². The summed E-state index contributed by atoms with van der Waals surface area (Å²) < 4.78 is 0. The Morgan fingerprint density at radius 2 is 1.93 bits per heavy atom. The molecule has 0 heterocycles. The Hall–Kier alpha value is -0.570. The van der Waals surface area contributed by atoms with Crippen molar-refractivity contribution >= 4 is 5.91 Å². The van der Waals surface area contributed by atoms with E-state index < -0.39 is 0 Å². The maximum absolute atomic E-state index is 11.3. The molecular formula is C12H26N2O. The Labute approximate surface area is 94.2 Å². The summed E-state index contributed by atoms with van der Waals surface area (Å²) in [4.78, 5) is 12.9. The molecular weight excluding hydrogens is 188 g/mol. The largest absolute Gasteiger partial charge is 0.349 e. The Morgan fingerprint density at radius 3 is 2.33 bits per heavy atom. The summed E-state index contributed by atoms with van der Waals surface area (Å²) in [6.07, 6.45) is 2.73. The normalized spacial score (nSPS) is 12.9. The van der Waals surface area contributed by atoms with Gasteiger partial charge in [-0.2, -0.15) is 0 Å². The predicted octanol–water partition coefficient (Wildman–Crippen LogP) is 1.88. The van der Waals surface area contributed by atoms with Gasteiger partial charge >= 0.3 is 0 Å². The number of amides is 1. The van der Waals surface area contributed by atoms with Crippen LogP contribution in [0.1, 0.15) is 40.0 Å². The maximum Gasteiger partial charge on any atom is 0.222 e. The van der Waals surface area contributed by atoms with Gasteiger partial charge in [0.15, 0.2) is 0 Å². The van der Waals surface area contributed by atoms with Crippen LogP contribution in [-0.2, 0) is 4.79 Å². The molecule has 0 spiro atoms. The monoisotopic (exact) mass is 214 g/mol. The lowest BCUT2D eigenvalue weighted by molar-refractivity contribution is -0.128. The van der Waals surface area contributed by atoms with Crippen LogP contribution in [0.5, 0.6) is 0 Å². The summed E-state index contributed by atoms with van der Waals surface area (Å²) in [5.74, 6) is 0.883. The third kappa shape index (κ3) is 6.50. The molecule has 3 nitrogen and oxygen atoms in total. The SMILES string of the molecule is CCC(NCCCC(=O)N(C)C)C(C)C. The highest BCUT2D eigenvalue weighted by atomic mass is 16.2. The molecule has 1 atom stereocenters. The maximum atomic E-state index is 11.3. The number of carbonyl (C=O) groups is 1. The molecule has 1 unspecified atom stereocenters. The van der Waals surface area contributed by atoms with E-state index in [4.69, 9.17) is 0 Å². The van der Waals surface area contributed by atoms with Crippen LogP contribution in [-0.4, -0.2) is 37.5 Å². The summed E-state index contributed by atoms with van der Waals surface area (Å²) in [6.45, 7) is 7.59. The first-order chi connectivity index (χ1) is 6.99. The Bertz CT molecular complexity index is 178. The lowest BCUT2D eigenvalue weighted by atomic mass is 10.0. The average molecular weight is 214 g/mol. The number of hydrogen-bond donors (Lipinski definition) is 1. The molecule has 0 fully saturated rings. The number of hydrogen-bond acceptors (Lipinski definition) is 2. The zero-order valence-corrected chi connectivity index (χ0v) is 10.8. The van der Waals surface area contributed by atoms with Crippen LogP contribution in [0.3, 0.4) is 0 Å². The third-order valence-corrected chi connectivity index (χ3v) is 2.72. The van der Waals surface area contributed by atoms with E-state index in [2.05, 4.69) is 26.1 Å². The molecule has 1 amide bonds. The van der Waals surface area contributed by atoms with Crippen LogP contribution in [0.4, 0.5) is 0 Å². The highest BCUT2D eigenvalue weighted by molar-refractivity contribution is 5.75. The summed E-state index contributed by atoms with van der Waals surface area (Å²) in [5, 5.41) is 3.49. The lowest BCUT2D eigenvalue weighted by Gasteiger charge is -2.20. The second kappa shape index (κ2) is 7.69. The zero-order chi connectivity index (χ0) is 11.8. The molecule has 3 heteroatoms. The molecule has 15 heavy (non-hydrogen) atoms. The van der Waals surface area contributed by atoms with Gasteiger partial charge < -0.3 is 10.2 Å². The second-order valence-corrected chi connectivity index (χ2v) is 4.60. The topological polar surface area (TPSA) is 32.3 Å². The first-order valence-corrected chi connectivity index (χ1v) is 5.92. The molecule has 1 N–H and O–H groups in total. The number of carbonyl (C=O) groups excluding carboxylic acids is 1. The van der Waals surface area contributed by atoms with Gasteiger partial charge in [-0.3, -0.25) is 4.79 Å². The highest BCUT2D eigenvalue weighted by Gasteiger charge is 2.09. The van der Waals surface area contributed by atoms with Crippen molar-refractivity contribution < 1.29 is 4.79 Å². The van der Waals surface area contributed by atoms with E-state index in [1.54, 1.807) is 19.0 Å². The van der Waals surface area contributed by atoms with Gasteiger partial charge in [0.2, 0.25) is 5.91 Å². The van der Waals surface area contributed by atoms with Crippen molar-refractivity contribution in [2.75, 3.05) is 20.6 Å². The molecule has 90 valence electrons. The van der Waals surface area contributed by atoms with Crippen molar-refractivity contribution in [2.45, 2.75) is 46.1 Å². The summed E-state index contributed by atoms with van der Waals surface area (Å²) in [6, 6.07) is 0.583. The standard InChI is InChI=1S/C12H26N2O/c1-6-11(10(2)3)13-9-7-8-12(15)14(4)5/h10-11,13H,6-9H2,1-5H3. The predicted molar refractivity (Wildman–Crippen MR) is 64.8 cm³/mol. The molecule has 0 aliphatic carbocycles. The quantitative estimate of drug-likeness (QED) is 0.656. The average Bonchev–Trinajstić information content (AvgIpc) is 2.16. The minimum atomic E-state index is 0.217. The van der Waals surface area contributed by atoms with E-state index in [0.29, 0.717) is 18.4 Å². The fourth-order valence-electron chi connectivity index (χ4n) is 1.60. The summed E-state index contributed by atoms with van der Waals surface area (Å²) >= 11 is 0. The molecule has 0 bridgehead atoms. The molecule has 0 aliphatic heterocycles. The molecule has 0 aromatic rings. The van der Waals surface area contributed by atoms with Crippen molar-refractivity contribution in [3.63, 3.8) is 0 Å². The third-order valence-electron chi connectivity index (χ3n) is 2.72. The van der Waals surface area contributed by atoms with Crippen molar-refractivity contribution in [1.82, 2.24) is 10.2 Å².